The van der Waals surface area contributed by atoms with Crippen molar-refractivity contribution in [3.05, 3.63) is 53.6 Å². The summed E-state index contributed by atoms with van der Waals surface area (Å²) in [4.78, 5) is 35.4. The number of esters is 1. The summed E-state index contributed by atoms with van der Waals surface area (Å²) < 4.78 is 21.0. The Balaban J connectivity index is 1.70. The number of carbonyl (C=O) groups excluding carboxylic acids is 3. The van der Waals surface area contributed by atoms with Gasteiger partial charge in [-0.05, 0) is 55.3 Å². The lowest BCUT2D eigenvalue weighted by molar-refractivity contribution is -0.131. The number of rotatable bonds is 10. The van der Waals surface area contributed by atoms with Crippen molar-refractivity contribution >= 4 is 17.8 Å². The van der Waals surface area contributed by atoms with Crippen molar-refractivity contribution in [1.29, 1.82) is 0 Å². The van der Waals surface area contributed by atoms with E-state index < -0.39 is 17.8 Å². The predicted molar refractivity (Wildman–Crippen MR) is 112 cm³/mol. The lowest BCUT2D eigenvalue weighted by Gasteiger charge is -2.12. The van der Waals surface area contributed by atoms with Crippen LogP contribution < -0.4 is 25.1 Å². The first kappa shape index (κ1) is 23.5. The third-order valence-electron chi connectivity index (χ3n) is 3.92. The van der Waals surface area contributed by atoms with Crippen LogP contribution in [0.3, 0.4) is 0 Å². The van der Waals surface area contributed by atoms with Crippen LogP contribution in [0.15, 0.2) is 42.5 Å². The molecule has 166 valence electrons. The normalized spacial score (nSPS) is 10.0. The van der Waals surface area contributed by atoms with Gasteiger partial charge < -0.3 is 18.9 Å². The van der Waals surface area contributed by atoms with Gasteiger partial charge in [-0.15, -0.1) is 0 Å². The van der Waals surface area contributed by atoms with Crippen molar-refractivity contribution in [3.8, 4) is 17.2 Å². The summed E-state index contributed by atoms with van der Waals surface area (Å²) >= 11 is 0. The molecule has 9 nitrogen and oxygen atoms in total. The minimum Gasteiger partial charge on any atom is -0.493 e. The zero-order chi connectivity index (χ0) is 22.6. The molecule has 0 aromatic heterocycles. The number of hydrazine groups is 1. The van der Waals surface area contributed by atoms with Gasteiger partial charge in [-0.1, -0.05) is 13.0 Å². The molecule has 0 aliphatic carbocycles. The third-order valence-corrected chi connectivity index (χ3v) is 3.92. The summed E-state index contributed by atoms with van der Waals surface area (Å²) in [6.45, 7) is 3.54. The van der Waals surface area contributed by atoms with Gasteiger partial charge >= 0.3 is 5.97 Å². The Morgan fingerprint density at radius 1 is 0.871 bits per heavy atom. The van der Waals surface area contributed by atoms with Gasteiger partial charge in [0.05, 0.1) is 19.3 Å². The number of ether oxygens (including phenoxy) is 4. The second kappa shape index (κ2) is 12.1. The summed E-state index contributed by atoms with van der Waals surface area (Å²) in [5, 5.41) is 0. The van der Waals surface area contributed by atoms with E-state index in [9.17, 15) is 14.4 Å². The van der Waals surface area contributed by atoms with Crippen LogP contribution in [-0.4, -0.2) is 44.7 Å². The molecule has 9 heteroatoms. The highest BCUT2D eigenvalue weighted by Crippen LogP contribution is 2.27. The second-order valence-electron chi connectivity index (χ2n) is 6.49. The van der Waals surface area contributed by atoms with E-state index in [2.05, 4.69) is 10.9 Å². The van der Waals surface area contributed by atoms with Gasteiger partial charge in [0.25, 0.3) is 11.8 Å². The van der Waals surface area contributed by atoms with E-state index in [-0.39, 0.29) is 13.2 Å². The SMILES string of the molecule is CCCOC(=O)c1ccc(OCC(=O)NNC(=O)COc2ccc(C)cc2OC)cc1. The first-order chi connectivity index (χ1) is 14.9. The van der Waals surface area contributed by atoms with Crippen LogP contribution in [0.25, 0.3) is 0 Å². The average molecular weight is 430 g/mol. The molecule has 31 heavy (non-hydrogen) atoms. The van der Waals surface area contributed by atoms with Gasteiger partial charge in [0, 0.05) is 0 Å². The fraction of sp³-hybridized carbons (Fsp3) is 0.318. The maximum atomic E-state index is 11.9. The number of methoxy groups -OCH3 is 1. The van der Waals surface area contributed by atoms with Crippen molar-refractivity contribution in [2.45, 2.75) is 20.3 Å². The van der Waals surface area contributed by atoms with E-state index in [1.54, 1.807) is 36.4 Å². The van der Waals surface area contributed by atoms with Gasteiger partial charge in [0.2, 0.25) is 0 Å². The van der Waals surface area contributed by atoms with E-state index in [1.165, 1.54) is 7.11 Å². The fourth-order valence-corrected chi connectivity index (χ4v) is 2.36. The third kappa shape index (κ3) is 7.88. The standard InChI is InChI=1S/C22H26N2O7/c1-4-11-29-22(27)16-6-8-17(9-7-16)30-13-20(25)23-24-21(26)14-31-18-10-5-15(2)12-19(18)28-3/h5-10,12H,4,11,13-14H2,1-3H3,(H,23,25)(H,24,26). The van der Waals surface area contributed by atoms with Gasteiger partial charge in [-0.3, -0.25) is 20.4 Å². The van der Waals surface area contributed by atoms with E-state index in [1.807, 2.05) is 19.9 Å². The maximum Gasteiger partial charge on any atom is 0.338 e. The van der Waals surface area contributed by atoms with Crippen molar-refractivity contribution in [2.24, 2.45) is 0 Å². The lowest BCUT2D eigenvalue weighted by atomic mass is 10.2. The fourth-order valence-electron chi connectivity index (χ4n) is 2.36. The minimum atomic E-state index is -0.562. The molecule has 2 aromatic rings. The quantitative estimate of drug-likeness (QED) is 0.439. The highest BCUT2D eigenvalue weighted by Gasteiger charge is 2.10. The number of carbonyl (C=O) groups is 3. The Morgan fingerprint density at radius 2 is 1.52 bits per heavy atom. The van der Waals surface area contributed by atoms with E-state index in [0.717, 1.165) is 12.0 Å². The van der Waals surface area contributed by atoms with Crippen molar-refractivity contribution < 1.29 is 33.3 Å². The van der Waals surface area contributed by atoms with E-state index in [4.69, 9.17) is 18.9 Å². The van der Waals surface area contributed by atoms with Crippen LogP contribution in [0.2, 0.25) is 0 Å². The Kier molecular flexibility index (Phi) is 9.15. The molecular weight excluding hydrogens is 404 g/mol. The Bertz CT molecular complexity index is 897. The molecule has 0 saturated carbocycles. The summed E-state index contributed by atoms with van der Waals surface area (Å²) in [6, 6.07) is 11.5. The molecule has 0 radical (unpaired) electrons. The second-order valence-corrected chi connectivity index (χ2v) is 6.49. The molecule has 2 rings (SSSR count). The molecule has 0 aliphatic rings. The van der Waals surface area contributed by atoms with E-state index in [0.29, 0.717) is 29.4 Å². The van der Waals surface area contributed by atoms with Crippen LogP contribution >= 0.6 is 0 Å². The van der Waals surface area contributed by atoms with Crippen LogP contribution in [0.1, 0.15) is 29.3 Å². The van der Waals surface area contributed by atoms with Gasteiger partial charge in [0.15, 0.2) is 24.7 Å². The van der Waals surface area contributed by atoms with Crippen LogP contribution in [-0.2, 0) is 14.3 Å². The molecule has 0 bridgehead atoms. The molecule has 2 aromatic carbocycles. The summed E-state index contributed by atoms with van der Waals surface area (Å²) in [5.74, 6) is -0.212. The topological polar surface area (TPSA) is 112 Å². The lowest BCUT2D eigenvalue weighted by Crippen LogP contribution is -2.45. The monoisotopic (exact) mass is 430 g/mol. The van der Waals surface area contributed by atoms with Crippen LogP contribution in [0.5, 0.6) is 17.2 Å². The molecule has 2 N–H and O–H groups in total. The van der Waals surface area contributed by atoms with Gasteiger partial charge in [0.1, 0.15) is 5.75 Å². The number of aryl methyl sites for hydroxylation is 1. The van der Waals surface area contributed by atoms with Crippen molar-refractivity contribution in [2.75, 3.05) is 26.9 Å². The molecule has 0 saturated heterocycles. The molecule has 0 unspecified atom stereocenters. The van der Waals surface area contributed by atoms with Crippen LogP contribution in [0.4, 0.5) is 0 Å². The number of hydrogen-bond donors (Lipinski definition) is 2. The molecule has 0 aliphatic heterocycles. The average Bonchev–Trinajstić information content (AvgIpc) is 2.79. The highest BCUT2D eigenvalue weighted by atomic mass is 16.5. The highest BCUT2D eigenvalue weighted by molar-refractivity contribution is 5.89. The molecule has 0 fully saturated rings. The number of nitrogens with one attached hydrogen (secondary N) is 2. The smallest absolute Gasteiger partial charge is 0.338 e. The van der Waals surface area contributed by atoms with Gasteiger partial charge in [-0.2, -0.15) is 0 Å². The zero-order valence-electron chi connectivity index (χ0n) is 17.7. The first-order valence-corrected chi connectivity index (χ1v) is 9.68. The zero-order valence-corrected chi connectivity index (χ0v) is 17.7. The molecule has 0 spiro atoms. The van der Waals surface area contributed by atoms with Gasteiger partial charge in [-0.25, -0.2) is 4.79 Å². The van der Waals surface area contributed by atoms with Crippen LogP contribution in [0, 0.1) is 6.92 Å². The molecular formula is C22H26N2O7. The molecule has 0 heterocycles. The predicted octanol–water partition coefficient (Wildman–Crippen LogP) is 2.18. The Hall–Kier alpha value is -3.75. The number of benzene rings is 2. The Morgan fingerprint density at radius 3 is 2.13 bits per heavy atom. The molecule has 2 amide bonds. The van der Waals surface area contributed by atoms with E-state index >= 15 is 0 Å². The largest absolute Gasteiger partial charge is 0.493 e. The number of hydrogen-bond acceptors (Lipinski definition) is 7. The van der Waals surface area contributed by atoms with Crippen molar-refractivity contribution in [1.82, 2.24) is 10.9 Å². The molecule has 0 atom stereocenters. The summed E-state index contributed by atoms with van der Waals surface area (Å²) in [6.07, 6.45) is 0.741. The number of amides is 2. The summed E-state index contributed by atoms with van der Waals surface area (Å²) in [7, 11) is 1.51. The maximum absolute atomic E-state index is 11.9. The Labute approximate surface area is 180 Å². The van der Waals surface area contributed by atoms with Crippen molar-refractivity contribution in [3.63, 3.8) is 0 Å². The minimum absolute atomic E-state index is 0.309. The summed E-state index contributed by atoms with van der Waals surface area (Å²) in [5.41, 5.74) is 5.85. The first-order valence-electron chi connectivity index (χ1n) is 9.68.